The van der Waals surface area contributed by atoms with Crippen molar-refractivity contribution in [3.05, 3.63) is 73.8 Å². The van der Waals surface area contributed by atoms with Crippen LogP contribution in [0, 0.1) is 17.8 Å². The fourth-order valence-corrected chi connectivity index (χ4v) is 7.87. The van der Waals surface area contributed by atoms with Crippen LogP contribution in [0.3, 0.4) is 0 Å². The number of likely N-dealkylation sites (tertiary alicyclic amines) is 1. The van der Waals surface area contributed by atoms with Crippen LogP contribution in [-0.2, 0) is 19.1 Å². The molecule has 3 heterocycles. The minimum absolute atomic E-state index is 0.175. The average Bonchev–Trinajstić information content (AvgIpc) is 3.63. The molecule has 252 valence electrons. The predicted molar refractivity (Wildman–Crippen MR) is 180 cm³/mol. The molecular formula is C37H47N3O7. The van der Waals surface area contributed by atoms with E-state index in [0.29, 0.717) is 42.3 Å². The molecule has 3 aliphatic rings. The highest BCUT2D eigenvalue weighted by Crippen LogP contribution is 2.64. The highest BCUT2D eigenvalue weighted by atomic mass is 16.5. The average molecular weight is 646 g/mol. The molecule has 47 heavy (non-hydrogen) atoms. The second-order valence-electron chi connectivity index (χ2n) is 13.1. The molecule has 2 bridgehead atoms. The standard InChI is InChI=1S/C37H47N3O7/c1-8-21-38(25-13-17-28(18-14-25)46-10-3)33(42)30-31-34(43)40(29(23-41)24(4)5)32(37(31)20-19-36(30,6)47-37)35(44)39(22-9-2)26-11-15-27(45-7)16-12-26/h8-9,11-18,24,29-32,41H,1-2,10,19-23H2,3-7H3/t29-,30+,31-,32?,36-,37?/m0/s1. The number of rotatable bonds is 14. The first kappa shape index (κ1) is 34.2. The van der Waals surface area contributed by atoms with Crippen LogP contribution in [0.1, 0.15) is 40.5 Å². The number of hydrogen-bond acceptors (Lipinski definition) is 7. The van der Waals surface area contributed by atoms with Gasteiger partial charge >= 0.3 is 0 Å². The molecule has 2 aromatic rings. The molecule has 3 aliphatic heterocycles. The SMILES string of the molecule is C=CCN(C(=O)C1N([C@@H](CO)C(C)C)C(=O)[C@@H]2[C@H](C(=O)N(CC=C)c3ccc(OCC)cc3)[C@]3(C)CCC12O3)c1ccc(OC)cc1. The summed E-state index contributed by atoms with van der Waals surface area (Å²) in [6.07, 6.45) is 4.19. The number of benzene rings is 2. The fourth-order valence-electron chi connectivity index (χ4n) is 7.87. The molecule has 0 aliphatic carbocycles. The van der Waals surface area contributed by atoms with Gasteiger partial charge in [-0.15, -0.1) is 13.2 Å². The summed E-state index contributed by atoms with van der Waals surface area (Å²) in [5.74, 6) is -1.61. The summed E-state index contributed by atoms with van der Waals surface area (Å²) in [5, 5.41) is 10.6. The molecule has 2 aromatic carbocycles. The normalized spacial score (nSPS) is 26.6. The van der Waals surface area contributed by atoms with E-state index >= 15 is 0 Å². The zero-order valence-electron chi connectivity index (χ0n) is 28.1. The molecule has 1 N–H and O–H groups in total. The van der Waals surface area contributed by atoms with Crippen molar-refractivity contribution in [2.45, 2.75) is 63.8 Å². The van der Waals surface area contributed by atoms with Crippen LogP contribution in [0.5, 0.6) is 11.5 Å². The van der Waals surface area contributed by atoms with Gasteiger partial charge in [0.25, 0.3) is 5.91 Å². The third kappa shape index (κ3) is 5.71. The van der Waals surface area contributed by atoms with Crippen molar-refractivity contribution in [2.75, 3.05) is 43.2 Å². The van der Waals surface area contributed by atoms with Crippen molar-refractivity contribution in [3.63, 3.8) is 0 Å². The molecule has 3 fully saturated rings. The van der Waals surface area contributed by atoms with E-state index in [1.165, 1.54) is 4.90 Å². The molecule has 0 aromatic heterocycles. The van der Waals surface area contributed by atoms with Crippen molar-refractivity contribution < 1.29 is 33.7 Å². The van der Waals surface area contributed by atoms with Gasteiger partial charge in [0, 0.05) is 24.5 Å². The zero-order chi connectivity index (χ0) is 34.1. The summed E-state index contributed by atoms with van der Waals surface area (Å²) in [4.78, 5) is 49.2. The van der Waals surface area contributed by atoms with E-state index in [-0.39, 0.29) is 43.3 Å². The van der Waals surface area contributed by atoms with E-state index in [1.807, 2.05) is 52.0 Å². The minimum Gasteiger partial charge on any atom is -0.497 e. The number of aliphatic hydroxyl groups is 1. The second-order valence-corrected chi connectivity index (χ2v) is 13.1. The van der Waals surface area contributed by atoms with Gasteiger partial charge in [-0.3, -0.25) is 14.4 Å². The van der Waals surface area contributed by atoms with Crippen LogP contribution in [-0.4, -0.2) is 84.4 Å². The molecular weight excluding hydrogens is 598 g/mol. The van der Waals surface area contributed by atoms with Gasteiger partial charge in [0.2, 0.25) is 11.8 Å². The number of nitrogens with zero attached hydrogens (tertiary/aromatic N) is 3. The summed E-state index contributed by atoms with van der Waals surface area (Å²) < 4.78 is 17.8. The van der Waals surface area contributed by atoms with Gasteiger partial charge in [0.1, 0.15) is 23.1 Å². The van der Waals surface area contributed by atoms with E-state index in [0.717, 1.165) is 0 Å². The number of amides is 3. The lowest BCUT2D eigenvalue weighted by atomic mass is 9.66. The van der Waals surface area contributed by atoms with Crippen molar-refractivity contribution in [1.29, 1.82) is 0 Å². The zero-order valence-corrected chi connectivity index (χ0v) is 28.1. The number of fused-ring (bicyclic) bond motifs is 1. The molecule has 3 amide bonds. The molecule has 5 rings (SSSR count). The summed E-state index contributed by atoms with van der Waals surface area (Å²) in [7, 11) is 1.57. The number of anilines is 2. The molecule has 2 unspecified atom stereocenters. The van der Waals surface area contributed by atoms with Crippen molar-refractivity contribution in [3.8, 4) is 11.5 Å². The van der Waals surface area contributed by atoms with Crippen molar-refractivity contribution >= 4 is 29.1 Å². The number of ether oxygens (including phenoxy) is 3. The predicted octanol–water partition coefficient (Wildman–Crippen LogP) is 4.61. The fraction of sp³-hybridized carbons (Fsp3) is 0.486. The largest absolute Gasteiger partial charge is 0.497 e. The molecule has 6 atom stereocenters. The lowest BCUT2D eigenvalue weighted by Gasteiger charge is -2.40. The van der Waals surface area contributed by atoms with Crippen LogP contribution < -0.4 is 19.3 Å². The van der Waals surface area contributed by atoms with E-state index in [1.54, 1.807) is 53.3 Å². The first-order valence-corrected chi connectivity index (χ1v) is 16.4. The Labute approximate surface area is 277 Å². The highest BCUT2D eigenvalue weighted by Gasteiger charge is 2.79. The minimum atomic E-state index is -1.27. The monoisotopic (exact) mass is 645 g/mol. The Morgan fingerprint density at radius 1 is 1.00 bits per heavy atom. The molecule has 0 saturated carbocycles. The van der Waals surface area contributed by atoms with E-state index in [9.17, 15) is 19.5 Å². The molecule has 10 heteroatoms. The molecule has 10 nitrogen and oxygen atoms in total. The van der Waals surface area contributed by atoms with Gasteiger partial charge in [0.05, 0.1) is 43.8 Å². The van der Waals surface area contributed by atoms with Gasteiger partial charge in [-0.05, 0) is 81.1 Å². The van der Waals surface area contributed by atoms with E-state index < -0.39 is 35.1 Å². The third-order valence-electron chi connectivity index (χ3n) is 10.0. The Morgan fingerprint density at radius 2 is 1.55 bits per heavy atom. The van der Waals surface area contributed by atoms with Crippen molar-refractivity contribution in [1.82, 2.24) is 4.90 Å². The van der Waals surface area contributed by atoms with E-state index in [2.05, 4.69) is 13.2 Å². The van der Waals surface area contributed by atoms with Gasteiger partial charge in [-0.1, -0.05) is 26.0 Å². The number of hydrogen-bond donors (Lipinski definition) is 1. The number of carbonyl (C=O) groups is 3. The second kappa shape index (κ2) is 13.5. The molecule has 3 saturated heterocycles. The Morgan fingerprint density at radius 3 is 2.04 bits per heavy atom. The number of carbonyl (C=O) groups excluding carboxylic acids is 3. The Bertz CT molecular complexity index is 1490. The van der Waals surface area contributed by atoms with Crippen LogP contribution in [0.15, 0.2) is 73.8 Å². The van der Waals surface area contributed by atoms with Gasteiger partial charge in [0.15, 0.2) is 0 Å². The van der Waals surface area contributed by atoms with Crippen LogP contribution in [0.2, 0.25) is 0 Å². The molecule has 1 spiro atoms. The Balaban J connectivity index is 1.60. The lowest BCUT2D eigenvalue weighted by molar-refractivity contribution is -0.149. The van der Waals surface area contributed by atoms with Gasteiger partial charge in [-0.2, -0.15) is 0 Å². The smallest absolute Gasteiger partial charge is 0.253 e. The summed E-state index contributed by atoms with van der Waals surface area (Å²) in [5.41, 5.74) is -1.01. The van der Waals surface area contributed by atoms with E-state index in [4.69, 9.17) is 14.2 Å². The highest BCUT2D eigenvalue weighted by molar-refractivity contribution is 6.07. The first-order chi connectivity index (χ1) is 22.5. The van der Waals surface area contributed by atoms with Gasteiger partial charge in [-0.25, -0.2) is 0 Å². The van der Waals surface area contributed by atoms with Crippen molar-refractivity contribution in [2.24, 2.45) is 17.8 Å². The van der Waals surface area contributed by atoms with Crippen LogP contribution in [0.4, 0.5) is 11.4 Å². The summed E-state index contributed by atoms with van der Waals surface area (Å²) in [6, 6.07) is 12.6. The first-order valence-electron chi connectivity index (χ1n) is 16.4. The van der Waals surface area contributed by atoms with Crippen LogP contribution >= 0.6 is 0 Å². The summed E-state index contributed by atoms with van der Waals surface area (Å²) >= 11 is 0. The quantitative estimate of drug-likeness (QED) is 0.299. The Hall–Kier alpha value is -4.15. The Kier molecular flexibility index (Phi) is 9.84. The number of aliphatic hydroxyl groups excluding tert-OH is 1. The maximum absolute atomic E-state index is 14.9. The summed E-state index contributed by atoms with van der Waals surface area (Å²) in [6.45, 7) is 15.9. The molecule has 0 radical (unpaired) electrons. The van der Waals surface area contributed by atoms with Crippen LogP contribution in [0.25, 0.3) is 0 Å². The topological polar surface area (TPSA) is 109 Å². The number of methoxy groups -OCH3 is 1. The lowest BCUT2D eigenvalue weighted by Crippen LogP contribution is -2.60. The van der Waals surface area contributed by atoms with Gasteiger partial charge < -0.3 is 34.0 Å². The maximum Gasteiger partial charge on any atom is 0.253 e. The maximum atomic E-state index is 14.9. The third-order valence-corrected chi connectivity index (χ3v) is 10.0.